The molecule has 0 aromatic heterocycles. The third-order valence-electron chi connectivity index (χ3n) is 4.12. The number of nitrogens with one attached hydrogen (secondary N) is 1. The number of nitrogens with zero attached hydrogens (tertiary/aromatic N) is 1. The molecule has 5 nitrogen and oxygen atoms in total. The number of ether oxygens (including phenoxy) is 1. The number of rotatable bonds is 5. The minimum atomic E-state index is -0.367. The summed E-state index contributed by atoms with van der Waals surface area (Å²) in [6.07, 6.45) is 0. The fourth-order valence-corrected chi connectivity index (χ4v) is 3.58. The molecule has 2 amide bonds. The quantitative estimate of drug-likeness (QED) is 0.783. The number of hydrogen-bond acceptors (Lipinski definition) is 3. The van der Waals surface area contributed by atoms with Gasteiger partial charge in [-0.2, -0.15) is 0 Å². The van der Waals surface area contributed by atoms with E-state index in [9.17, 15) is 9.59 Å². The molecule has 0 unspecified atom stereocenters. The van der Waals surface area contributed by atoms with E-state index in [0.717, 1.165) is 22.4 Å². The van der Waals surface area contributed by atoms with Crippen LogP contribution in [-0.4, -0.2) is 37.4 Å². The number of carbonyl (C=O) groups is 2. The second kappa shape index (κ2) is 8.63. The molecule has 0 fully saturated rings. The lowest BCUT2D eigenvalue weighted by Gasteiger charge is -2.19. The highest BCUT2D eigenvalue weighted by Gasteiger charge is 2.19. The smallest absolute Gasteiger partial charge is 0.254 e. The summed E-state index contributed by atoms with van der Waals surface area (Å²) in [5, 5.41) is 3.35. The van der Waals surface area contributed by atoms with Crippen LogP contribution >= 0.6 is 23.2 Å². The predicted molar refractivity (Wildman–Crippen MR) is 109 cm³/mol. The van der Waals surface area contributed by atoms with E-state index in [4.69, 9.17) is 27.9 Å². The van der Waals surface area contributed by atoms with Crippen molar-refractivity contribution in [1.29, 1.82) is 0 Å². The van der Waals surface area contributed by atoms with Gasteiger partial charge in [-0.15, -0.1) is 0 Å². The molecule has 1 N–H and O–H groups in total. The number of likely N-dealkylation sites (N-methyl/N-ethyl adjacent to an activating group) is 1. The van der Waals surface area contributed by atoms with Crippen molar-refractivity contribution in [3.8, 4) is 5.75 Å². The van der Waals surface area contributed by atoms with Crippen molar-refractivity contribution in [2.75, 3.05) is 26.0 Å². The summed E-state index contributed by atoms with van der Waals surface area (Å²) < 4.78 is 5.08. The standard InChI is InChI=1S/C20H22Cl2N2O3/c1-11-6-12(2)18(13(3)7-11)23-17(25)10-24(4)20(26)14-8-15(21)19(27-5)16(22)9-14/h6-9H,10H2,1-5H3,(H,23,25). The van der Waals surface area contributed by atoms with Gasteiger partial charge in [-0.1, -0.05) is 40.9 Å². The average Bonchev–Trinajstić information content (AvgIpc) is 2.57. The Hall–Kier alpha value is -2.24. The molecule has 0 radical (unpaired) electrons. The predicted octanol–water partition coefficient (Wildman–Crippen LogP) is 4.64. The number of amides is 2. The first-order valence-corrected chi connectivity index (χ1v) is 9.05. The second-order valence-electron chi connectivity index (χ2n) is 6.46. The Morgan fingerprint density at radius 2 is 1.56 bits per heavy atom. The maximum atomic E-state index is 12.6. The van der Waals surface area contributed by atoms with Crippen LogP contribution in [0.3, 0.4) is 0 Å². The molecule has 144 valence electrons. The number of hydrogen-bond donors (Lipinski definition) is 1. The molecule has 7 heteroatoms. The van der Waals surface area contributed by atoms with E-state index in [1.807, 2.05) is 32.9 Å². The maximum Gasteiger partial charge on any atom is 0.254 e. The van der Waals surface area contributed by atoms with E-state index in [1.54, 1.807) is 7.05 Å². The van der Waals surface area contributed by atoms with Gasteiger partial charge in [0.1, 0.15) is 0 Å². The number of halogens is 2. The van der Waals surface area contributed by atoms with Crippen molar-refractivity contribution in [2.45, 2.75) is 20.8 Å². The fraction of sp³-hybridized carbons (Fsp3) is 0.300. The molecule has 0 spiro atoms. The molecule has 2 rings (SSSR count). The van der Waals surface area contributed by atoms with Gasteiger partial charge in [-0.25, -0.2) is 0 Å². The summed E-state index contributed by atoms with van der Waals surface area (Å²) in [6.45, 7) is 5.77. The van der Waals surface area contributed by atoms with Gasteiger partial charge in [0.15, 0.2) is 5.75 Å². The highest BCUT2D eigenvalue weighted by Crippen LogP contribution is 2.34. The van der Waals surface area contributed by atoms with Crippen LogP contribution < -0.4 is 10.1 Å². The summed E-state index contributed by atoms with van der Waals surface area (Å²) in [6, 6.07) is 6.94. The largest absolute Gasteiger partial charge is 0.494 e. The highest BCUT2D eigenvalue weighted by atomic mass is 35.5. The van der Waals surface area contributed by atoms with Gasteiger partial charge in [0.25, 0.3) is 5.91 Å². The normalized spacial score (nSPS) is 10.5. The Bertz CT molecular complexity index is 851. The van der Waals surface area contributed by atoms with Crippen molar-refractivity contribution in [3.05, 3.63) is 56.6 Å². The number of anilines is 1. The zero-order chi connectivity index (χ0) is 20.3. The zero-order valence-corrected chi connectivity index (χ0v) is 17.5. The van der Waals surface area contributed by atoms with Gasteiger partial charge in [0, 0.05) is 18.3 Å². The molecule has 0 heterocycles. The van der Waals surface area contributed by atoms with Gasteiger partial charge in [-0.3, -0.25) is 9.59 Å². The van der Waals surface area contributed by atoms with E-state index in [1.165, 1.54) is 24.1 Å². The van der Waals surface area contributed by atoms with Gasteiger partial charge in [0.05, 0.1) is 23.7 Å². The Labute approximate surface area is 169 Å². The average molecular weight is 409 g/mol. The fourth-order valence-electron chi connectivity index (χ4n) is 2.94. The van der Waals surface area contributed by atoms with Crippen LogP contribution in [0.4, 0.5) is 5.69 Å². The van der Waals surface area contributed by atoms with Crippen molar-refractivity contribution < 1.29 is 14.3 Å². The molecule has 0 aliphatic carbocycles. The topological polar surface area (TPSA) is 58.6 Å². The maximum absolute atomic E-state index is 12.6. The van der Waals surface area contributed by atoms with E-state index in [0.29, 0.717) is 5.75 Å². The SMILES string of the molecule is COc1c(Cl)cc(C(=O)N(C)CC(=O)Nc2c(C)cc(C)cc2C)cc1Cl. The first-order valence-electron chi connectivity index (χ1n) is 8.30. The Morgan fingerprint density at radius 1 is 1.04 bits per heavy atom. The van der Waals surface area contributed by atoms with Crippen LogP contribution in [0.25, 0.3) is 0 Å². The van der Waals surface area contributed by atoms with Crippen LogP contribution in [-0.2, 0) is 4.79 Å². The van der Waals surface area contributed by atoms with Gasteiger partial charge in [0.2, 0.25) is 5.91 Å². The zero-order valence-electron chi connectivity index (χ0n) is 15.9. The molecular formula is C20H22Cl2N2O3. The molecular weight excluding hydrogens is 387 g/mol. The van der Waals surface area contributed by atoms with Crippen LogP contribution in [0.5, 0.6) is 5.75 Å². The molecule has 0 saturated heterocycles. The molecule has 27 heavy (non-hydrogen) atoms. The molecule has 2 aromatic rings. The number of aryl methyl sites for hydroxylation is 3. The van der Waals surface area contributed by atoms with Gasteiger partial charge < -0.3 is 15.0 Å². The lowest BCUT2D eigenvalue weighted by Crippen LogP contribution is -2.35. The molecule has 0 aliphatic heterocycles. The number of benzene rings is 2. The highest BCUT2D eigenvalue weighted by molar-refractivity contribution is 6.37. The molecule has 0 aliphatic rings. The lowest BCUT2D eigenvalue weighted by atomic mass is 10.1. The molecule has 0 bridgehead atoms. The Morgan fingerprint density at radius 3 is 2.04 bits per heavy atom. The second-order valence-corrected chi connectivity index (χ2v) is 7.27. The van der Waals surface area contributed by atoms with Crippen LogP contribution in [0.2, 0.25) is 10.0 Å². The summed E-state index contributed by atoms with van der Waals surface area (Å²) in [5.74, 6) is -0.346. The summed E-state index contributed by atoms with van der Waals surface area (Å²) in [7, 11) is 2.99. The molecule has 2 aromatic carbocycles. The summed E-state index contributed by atoms with van der Waals surface area (Å²) in [4.78, 5) is 26.3. The lowest BCUT2D eigenvalue weighted by molar-refractivity contribution is -0.116. The van der Waals surface area contributed by atoms with Crippen LogP contribution in [0.15, 0.2) is 24.3 Å². The van der Waals surface area contributed by atoms with E-state index < -0.39 is 0 Å². The Balaban J connectivity index is 2.12. The summed E-state index contributed by atoms with van der Waals surface area (Å²) in [5.41, 5.74) is 4.13. The van der Waals surface area contributed by atoms with E-state index in [2.05, 4.69) is 5.32 Å². The monoisotopic (exact) mass is 408 g/mol. The first kappa shape index (κ1) is 21.1. The van der Waals surface area contributed by atoms with Crippen LogP contribution in [0, 0.1) is 20.8 Å². The third-order valence-corrected chi connectivity index (χ3v) is 4.68. The van der Waals surface area contributed by atoms with Crippen molar-refractivity contribution in [3.63, 3.8) is 0 Å². The minimum Gasteiger partial charge on any atom is -0.494 e. The minimum absolute atomic E-state index is 0.104. The van der Waals surface area contributed by atoms with Crippen molar-refractivity contribution >= 4 is 40.7 Å². The van der Waals surface area contributed by atoms with Gasteiger partial charge in [-0.05, 0) is 44.0 Å². The third kappa shape index (κ3) is 4.93. The first-order chi connectivity index (χ1) is 12.6. The summed E-state index contributed by atoms with van der Waals surface area (Å²) >= 11 is 12.2. The molecule has 0 saturated carbocycles. The van der Waals surface area contributed by atoms with E-state index >= 15 is 0 Å². The van der Waals surface area contributed by atoms with E-state index in [-0.39, 0.29) is 34.0 Å². The Kier molecular flexibility index (Phi) is 6.73. The number of carbonyl (C=O) groups excluding carboxylic acids is 2. The van der Waals surface area contributed by atoms with Crippen molar-refractivity contribution in [1.82, 2.24) is 4.90 Å². The molecule has 0 atom stereocenters. The van der Waals surface area contributed by atoms with Crippen molar-refractivity contribution in [2.24, 2.45) is 0 Å². The van der Waals surface area contributed by atoms with Crippen LogP contribution in [0.1, 0.15) is 27.0 Å². The number of methoxy groups -OCH3 is 1. The van der Waals surface area contributed by atoms with Gasteiger partial charge >= 0.3 is 0 Å².